The average molecular weight is 380 g/mol. The van der Waals surface area contributed by atoms with E-state index in [0.717, 1.165) is 0 Å². The summed E-state index contributed by atoms with van der Waals surface area (Å²) in [5.41, 5.74) is 0.430. The van der Waals surface area contributed by atoms with Crippen LogP contribution in [0.5, 0.6) is 0 Å². The SMILES string of the molecule is O=C(c1ccn[nH]1)N1CCCN(c2ccc3nnc(C(F)(F)F)n3n2)CC1. The number of aromatic amines is 1. The van der Waals surface area contributed by atoms with E-state index in [9.17, 15) is 18.0 Å². The molecule has 1 fully saturated rings. The Morgan fingerprint density at radius 1 is 1.07 bits per heavy atom. The lowest BCUT2D eigenvalue weighted by Crippen LogP contribution is -2.35. The topological polar surface area (TPSA) is 95.3 Å². The Balaban J connectivity index is 1.55. The Hall–Kier alpha value is -3.18. The molecule has 0 spiro atoms. The predicted molar refractivity (Wildman–Crippen MR) is 87.1 cm³/mol. The Kier molecular flexibility index (Phi) is 4.16. The molecule has 4 heterocycles. The van der Waals surface area contributed by atoms with Crippen molar-refractivity contribution in [3.05, 3.63) is 35.9 Å². The maximum absolute atomic E-state index is 13.0. The fourth-order valence-electron chi connectivity index (χ4n) is 3.02. The van der Waals surface area contributed by atoms with Crippen LogP contribution < -0.4 is 4.90 Å². The number of rotatable bonds is 2. The first-order valence-electron chi connectivity index (χ1n) is 8.27. The van der Waals surface area contributed by atoms with Crippen LogP contribution in [-0.4, -0.2) is 67.0 Å². The first-order chi connectivity index (χ1) is 12.9. The number of hydrogen-bond donors (Lipinski definition) is 1. The number of carbonyl (C=O) groups is 1. The number of hydrogen-bond acceptors (Lipinski definition) is 6. The summed E-state index contributed by atoms with van der Waals surface area (Å²) in [5, 5.41) is 17.2. The summed E-state index contributed by atoms with van der Waals surface area (Å²) in [4.78, 5) is 16.0. The van der Waals surface area contributed by atoms with E-state index in [1.165, 1.54) is 12.3 Å². The van der Waals surface area contributed by atoms with Crippen molar-refractivity contribution in [1.82, 2.24) is 34.9 Å². The van der Waals surface area contributed by atoms with Crippen molar-refractivity contribution in [3.63, 3.8) is 0 Å². The van der Waals surface area contributed by atoms with Crippen molar-refractivity contribution < 1.29 is 18.0 Å². The molecule has 1 aliphatic rings. The molecule has 1 aliphatic heterocycles. The van der Waals surface area contributed by atoms with Gasteiger partial charge in [-0.1, -0.05) is 0 Å². The van der Waals surface area contributed by atoms with Gasteiger partial charge in [0, 0.05) is 32.4 Å². The Morgan fingerprint density at radius 2 is 1.93 bits per heavy atom. The molecule has 4 rings (SSSR count). The van der Waals surface area contributed by atoms with Crippen molar-refractivity contribution >= 4 is 17.4 Å². The maximum Gasteiger partial charge on any atom is 0.453 e. The van der Waals surface area contributed by atoms with Gasteiger partial charge in [-0.3, -0.25) is 9.89 Å². The quantitative estimate of drug-likeness (QED) is 0.718. The molecular formula is C15H15F3N8O. The Bertz CT molecular complexity index is 952. The van der Waals surface area contributed by atoms with Crippen molar-refractivity contribution in [2.45, 2.75) is 12.6 Å². The van der Waals surface area contributed by atoms with Crippen LogP contribution >= 0.6 is 0 Å². The third-order valence-corrected chi connectivity index (χ3v) is 4.34. The molecule has 0 aromatic carbocycles. The molecule has 1 saturated heterocycles. The van der Waals surface area contributed by atoms with Gasteiger partial charge in [0.25, 0.3) is 11.7 Å². The standard InChI is InChI=1S/C15H15F3N8O/c16-15(17,18)14-22-21-11-2-3-12(23-26(11)14)24-6-1-7-25(9-8-24)13(27)10-4-5-19-20-10/h2-5H,1,6-9H2,(H,19,20). The van der Waals surface area contributed by atoms with Gasteiger partial charge in [0.15, 0.2) is 5.65 Å². The van der Waals surface area contributed by atoms with Gasteiger partial charge in [-0.05, 0) is 24.6 Å². The Labute approximate surface area is 150 Å². The molecule has 27 heavy (non-hydrogen) atoms. The summed E-state index contributed by atoms with van der Waals surface area (Å²) < 4.78 is 39.8. The van der Waals surface area contributed by atoms with Crippen molar-refractivity contribution in [2.75, 3.05) is 31.1 Å². The molecule has 1 amide bonds. The number of nitrogens with zero attached hydrogens (tertiary/aromatic N) is 7. The molecule has 0 radical (unpaired) electrons. The number of amides is 1. The summed E-state index contributed by atoms with van der Waals surface area (Å²) in [5.74, 6) is -0.940. The van der Waals surface area contributed by atoms with Crippen molar-refractivity contribution in [3.8, 4) is 0 Å². The van der Waals surface area contributed by atoms with Gasteiger partial charge in [0.1, 0.15) is 11.5 Å². The van der Waals surface area contributed by atoms with Crippen LogP contribution in [-0.2, 0) is 6.18 Å². The van der Waals surface area contributed by atoms with E-state index in [0.29, 0.717) is 48.6 Å². The van der Waals surface area contributed by atoms with Crippen molar-refractivity contribution in [2.24, 2.45) is 0 Å². The van der Waals surface area contributed by atoms with Crippen LogP contribution in [0.1, 0.15) is 22.7 Å². The molecule has 9 nitrogen and oxygen atoms in total. The second-order valence-corrected chi connectivity index (χ2v) is 6.09. The lowest BCUT2D eigenvalue weighted by molar-refractivity contribution is -0.146. The number of nitrogens with one attached hydrogen (secondary N) is 1. The first-order valence-corrected chi connectivity index (χ1v) is 8.27. The van der Waals surface area contributed by atoms with Crippen LogP contribution in [0.2, 0.25) is 0 Å². The van der Waals surface area contributed by atoms with Crippen LogP contribution in [0, 0.1) is 0 Å². The maximum atomic E-state index is 13.0. The molecule has 0 aliphatic carbocycles. The number of anilines is 1. The van der Waals surface area contributed by atoms with Crippen LogP contribution in [0.15, 0.2) is 24.4 Å². The summed E-state index contributed by atoms with van der Waals surface area (Å²) >= 11 is 0. The lowest BCUT2D eigenvalue weighted by atomic mass is 10.3. The molecule has 0 unspecified atom stereocenters. The van der Waals surface area contributed by atoms with Crippen LogP contribution in [0.4, 0.5) is 19.0 Å². The summed E-state index contributed by atoms with van der Waals surface area (Å²) in [7, 11) is 0. The number of alkyl halides is 3. The summed E-state index contributed by atoms with van der Waals surface area (Å²) in [6.45, 7) is 1.97. The Morgan fingerprint density at radius 3 is 2.67 bits per heavy atom. The molecule has 0 atom stereocenters. The normalized spacial score (nSPS) is 16.0. The van der Waals surface area contributed by atoms with Gasteiger partial charge in [-0.2, -0.15) is 22.8 Å². The highest BCUT2D eigenvalue weighted by atomic mass is 19.4. The van der Waals surface area contributed by atoms with Crippen molar-refractivity contribution in [1.29, 1.82) is 0 Å². The van der Waals surface area contributed by atoms with Crippen LogP contribution in [0.25, 0.3) is 5.65 Å². The minimum Gasteiger partial charge on any atom is -0.353 e. The molecule has 0 bridgehead atoms. The zero-order chi connectivity index (χ0) is 19.0. The monoisotopic (exact) mass is 380 g/mol. The number of carbonyl (C=O) groups excluding carboxylic acids is 1. The first kappa shape index (κ1) is 17.2. The zero-order valence-corrected chi connectivity index (χ0v) is 14.0. The number of halogens is 3. The average Bonchev–Trinajstić information content (AvgIpc) is 3.25. The van der Waals surface area contributed by atoms with Gasteiger partial charge >= 0.3 is 6.18 Å². The number of fused-ring (bicyclic) bond motifs is 1. The summed E-state index contributed by atoms with van der Waals surface area (Å²) in [6.07, 6.45) is -2.47. The van der Waals surface area contributed by atoms with E-state index in [-0.39, 0.29) is 11.6 Å². The highest BCUT2D eigenvalue weighted by Gasteiger charge is 2.37. The number of H-pyrrole nitrogens is 1. The molecule has 3 aromatic heterocycles. The van der Waals surface area contributed by atoms with Crippen LogP contribution in [0.3, 0.4) is 0 Å². The highest BCUT2D eigenvalue weighted by Crippen LogP contribution is 2.28. The number of aromatic nitrogens is 6. The van der Waals surface area contributed by atoms with Gasteiger partial charge in [-0.15, -0.1) is 15.3 Å². The molecular weight excluding hydrogens is 365 g/mol. The zero-order valence-electron chi connectivity index (χ0n) is 14.0. The lowest BCUT2D eigenvalue weighted by Gasteiger charge is -2.22. The molecule has 1 N–H and O–H groups in total. The molecule has 3 aromatic rings. The third-order valence-electron chi connectivity index (χ3n) is 4.34. The largest absolute Gasteiger partial charge is 0.453 e. The third kappa shape index (κ3) is 3.29. The smallest absolute Gasteiger partial charge is 0.353 e. The summed E-state index contributed by atoms with van der Waals surface area (Å²) in [6, 6.07) is 4.66. The van der Waals surface area contributed by atoms with Gasteiger partial charge < -0.3 is 9.80 Å². The van der Waals surface area contributed by atoms with E-state index in [1.807, 2.05) is 4.90 Å². The van der Waals surface area contributed by atoms with E-state index in [1.54, 1.807) is 17.0 Å². The van der Waals surface area contributed by atoms with Gasteiger partial charge in [-0.25, -0.2) is 0 Å². The fraction of sp³-hybridized carbons (Fsp3) is 0.400. The second-order valence-electron chi connectivity index (χ2n) is 6.09. The fourth-order valence-corrected chi connectivity index (χ4v) is 3.02. The highest BCUT2D eigenvalue weighted by molar-refractivity contribution is 5.92. The molecule has 142 valence electrons. The molecule has 0 saturated carbocycles. The van der Waals surface area contributed by atoms with E-state index in [2.05, 4.69) is 25.5 Å². The van der Waals surface area contributed by atoms with E-state index in [4.69, 9.17) is 0 Å². The molecule has 12 heteroatoms. The van der Waals surface area contributed by atoms with Gasteiger partial charge in [0.2, 0.25) is 0 Å². The van der Waals surface area contributed by atoms with Gasteiger partial charge in [0.05, 0.1) is 0 Å². The van der Waals surface area contributed by atoms with E-state index < -0.39 is 12.0 Å². The minimum absolute atomic E-state index is 0.0250. The second kappa shape index (κ2) is 6.52. The van der Waals surface area contributed by atoms with E-state index >= 15 is 0 Å². The predicted octanol–water partition coefficient (Wildman–Crippen LogP) is 1.22. The minimum atomic E-state index is -4.64.